The van der Waals surface area contributed by atoms with Gasteiger partial charge in [-0.2, -0.15) is 0 Å². The fourth-order valence-corrected chi connectivity index (χ4v) is 1.87. The van der Waals surface area contributed by atoms with Gasteiger partial charge in [0.1, 0.15) is 11.6 Å². The summed E-state index contributed by atoms with van der Waals surface area (Å²) in [6.07, 6.45) is 0. The zero-order valence-electron chi connectivity index (χ0n) is 9.94. The first-order valence-corrected chi connectivity index (χ1v) is 5.67. The topological polar surface area (TPSA) is 79.6 Å². The first-order valence-electron chi connectivity index (χ1n) is 5.67. The minimum Gasteiger partial charge on any atom is -0.398 e. The van der Waals surface area contributed by atoms with Crippen LogP contribution in [0.15, 0.2) is 36.4 Å². The van der Waals surface area contributed by atoms with E-state index in [0.717, 1.165) is 22.7 Å². The molecule has 0 aliphatic rings. The standard InChI is InChI=1S/C13H13N5/c1-15-11-7-6-10-13(17-11)18-12(16-10)8-4-2-3-5-9(8)14/h2-7H,14H2,1H3,(H2,15,16,17,18). The van der Waals surface area contributed by atoms with Crippen LogP contribution in [0, 0.1) is 0 Å². The van der Waals surface area contributed by atoms with Crippen molar-refractivity contribution in [3.05, 3.63) is 36.4 Å². The summed E-state index contributed by atoms with van der Waals surface area (Å²) in [5, 5.41) is 2.99. The monoisotopic (exact) mass is 239 g/mol. The predicted molar refractivity (Wildman–Crippen MR) is 73.3 cm³/mol. The Balaban J connectivity index is 2.17. The van der Waals surface area contributed by atoms with Gasteiger partial charge >= 0.3 is 0 Å². The maximum absolute atomic E-state index is 5.94. The van der Waals surface area contributed by atoms with Gasteiger partial charge in [-0.15, -0.1) is 0 Å². The van der Waals surface area contributed by atoms with Gasteiger partial charge < -0.3 is 16.0 Å². The maximum atomic E-state index is 5.94. The first-order chi connectivity index (χ1) is 8.78. The number of hydrogen-bond donors (Lipinski definition) is 3. The summed E-state index contributed by atoms with van der Waals surface area (Å²) in [6, 6.07) is 11.5. The molecule has 2 aromatic heterocycles. The fourth-order valence-electron chi connectivity index (χ4n) is 1.87. The van der Waals surface area contributed by atoms with Gasteiger partial charge in [0.05, 0.1) is 5.52 Å². The number of aromatic amines is 1. The third-order valence-electron chi connectivity index (χ3n) is 2.82. The molecule has 3 rings (SSSR count). The number of anilines is 2. The normalized spacial score (nSPS) is 10.7. The van der Waals surface area contributed by atoms with Crippen LogP contribution >= 0.6 is 0 Å². The van der Waals surface area contributed by atoms with Crippen molar-refractivity contribution in [2.45, 2.75) is 0 Å². The highest BCUT2D eigenvalue weighted by Crippen LogP contribution is 2.25. The number of fused-ring (bicyclic) bond motifs is 1. The third-order valence-corrected chi connectivity index (χ3v) is 2.82. The van der Waals surface area contributed by atoms with Crippen LogP contribution in [0.2, 0.25) is 0 Å². The van der Waals surface area contributed by atoms with Gasteiger partial charge in [-0.05, 0) is 24.3 Å². The molecular formula is C13H13N5. The van der Waals surface area contributed by atoms with E-state index in [4.69, 9.17) is 5.73 Å². The average Bonchev–Trinajstić information content (AvgIpc) is 2.81. The van der Waals surface area contributed by atoms with Crippen LogP contribution in [0.3, 0.4) is 0 Å². The molecule has 1 aromatic carbocycles. The minimum absolute atomic E-state index is 0.681. The summed E-state index contributed by atoms with van der Waals surface area (Å²) in [7, 11) is 1.83. The number of pyridine rings is 1. The molecule has 0 saturated carbocycles. The summed E-state index contributed by atoms with van der Waals surface area (Å²) < 4.78 is 0. The van der Waals surface area contributed by atoms with Crippen molar-refractivity contribution in [1.29, 1.82) is 0 Å². The highest BCUT2D eigenvalue weighted by Gasteiger charge is 2.08. The van der Waals surface area contributed by atoms with E-state index in [1.807, 2.05) is 43.4 Å². The third kappa shape index (κ3) is 1.66. The zero-order valence-corrected chi connectivity index (χ0v) is 9.94. The lowest BCUT2D eigenvalue weighted by atomic mass is 10.2. The summed E-state index contributed by atoms with van der Waals surface area (Å²) >= 11 is 0. The molecule has 4 N–H and O–H groups in total. The van der Waals surface area contributed by atoms with Gasteiger partial charge in [-0.25, -0.2) is 9.97 Å². The van der Waals surface area contributed by atoms with Gasteiger partial charge in [0, 0.05) is 18.3 Å². The number of nitrogens with two attached hydrogens (primary N) is 1. The Hall–Kier alpha value is -2.56. The summed E-state index contributed by atoms with van der Waals surface area (Å²) in [6.45, 7) is 0. The van der Waals surface area contributed by atoms with Crippen LogP contribution in [-0.2, 0) is 0 Å². The molecule has 0 radical (unpaired) electrons. The van der Waals surface area contributed by atoms with Crippen LogP contribution < -0.4 is 11.1 Å². The molecule has 0 atom stereocenters. The van der Waals surface area contributed by atoms with E-state index in [9.17, 15) is 0 Å². The van der Waals surface area contributed by atoms with Crippen molar-refractivity contribution in [2.75, 3.05) is 18.1 Å². The summed E-state index contributed by atoms with van der Waals surface area (Å²) in [4.78, 5) is 12.1. The van der Waals surface area contributed by atoms with E-state index >= 15 is 0 Å². The number of H-pyrrole nitrogens is 1. The number of hydrogen-bond acceptors (Lipinski definition) is 4. The van der Waals surface area contributed by atoms with E-state index in [1.165, 1.54) is 0 Å². The highest BCUT2D eigenvalue weighted by atomic mass is 15.0. The summed E-state index contributed by atoms with van der Waals surface area (Å²) in [5.74, 6) is 1.53. The molecule has 18 heavy (non-hydrogen) atoms. The van der Waals surface area contributed by atoms with Gasteiger partial charge in [0.15, 0.2) is 5.65 Å². The molecule has 0 unspecified atom stereocenters. The van der Waals surface area contributed by atoms with Gasteiger partial charge in [-0.1, -0.05) is 12.1 Å². The van der Waals surface area contributed by atoms with Crippen LogP contribution in [0.4, 0.5) is 11.5 Å². The number of nitrogens with one attached hydrogen (secondary N) is 2. The molecule has 5 heteroatoms. The van der Waals surface area contributed by atoms with E-state index in [2.05, 4.69) is 20.3 Å². The second-order valence-electron chi connectivity index (χ2n) is 3.99. The number of nitrogen functional groups attached to an aromatic ring is 1. The Morgan fingerprint density at radius 3 is 2.72 bits per heavy atom. The maximum Gasteiger partial charge on any atom is 0.180 e. The molecule has 2 heterocycles. The van der Waals surface area contributed by atoms with Crippen molar-refractivity contribution < 1.29 is 0 Å². The number of para-hydroxylation sites is 1. The Bertz CT molecular complexity index is 701. The smallest absolute Gasteiger partial charge is 0.180 e. The zero-order chi connectivity index (χ0) is 12.5. The van der Waals surface area contributed by atoms with Gasteiger partial charge in [0.2, 0.25) is 0 Å². The number of imidazole rings is 1. The van der Waals surface area contributed by atoms with Crippen LogP contribution in [-0.4, -0.2) is 22.0 Å². The van der Waals surface area contributed by atoms with Gasteiger partial charge in [-0.3, -0.25) is 0 Å². The summed E-state index contributed by atoms with van der Waals surface area (Å²) in [5.41, 5.74) is 9.10. The van der Waals surface area contributed by atoms with Crippen molar-refractivity contribution in [2.24, 2.45) is 0 Å². The van der Waals surface area contributed by atoms with E-state index in [0.29, 0.717) is 11.3 Å². The lowest BCUT2D eigenvalue weighted by molar-refractivity contribution is 1.28. The second kappa shape index (κ2) is 4.03. The van der Waals surface area contributed by atoms with Crippen LogP contribution in [0.1, 0.15) is 0 Å². The molecule has 0 aliphatic heterocycles. The Morgan fingerprint density at radius 2 is 1.94 bits per heavy atom. The predicted octanol–water partition coefficient (Wildman–Crippen LogP) is 2.25. The van der Waals surface area contributed by atoms with E-state index < -0.39 is 0 Å². The molecular weight excluding hydrogens is 226 g/mol. The lowest BCUT2D eigenvalue weighted by Gasteiger charge is -1.99. The minimum atomic E-state index is 0.681. The lowest BCUT2D eigenvalue weighted by Crippen LogP contribution is -1.91. The van der Waals surface area contributed by atoms with Crippen LogP contribution in [0.25, 0.3) is 22.6 Å². The molecule has 0 fully saturated rings. The number of nitrogens with zero attached hydrogens (tertiary/aromatic N) is 2. The molecule has 0 aliphatic carbocycles. The molecule has 3 aromatic rings. The molecule has 0 amide bonds. The van der Waals surface area contributed by atoms with E-state index in [1.54, 1.807) is 0 Å². The second-order valence-corrected chi connectivity index (χ2v) is 3.99. The average molecular weight is 239 g/mol. The van der Waals surface area contributed by atoms with Crippen molar-refractivity contribution >= 4 is 22.7 Å². The molecule has 0 bridgehead atoms. The molecule has 0 saturated heterocycles. The van der Waals surface area contributed by atoms with Crippen molar-refractivity contribution in [3.8, 4) is 11.4 Å². The van der Waals surface area contributed by atoms with Crippen molar-refractivity contribution in [3.63, 3.8) is 0 Å². The number of rotatable bonds is 2. The van der Waals surface area contributed by atoms with E-state index in [-0.39, 0.29) is 0 Å². The fraction of sp³-hybridized carbons (Fsp3) is 0.0769. The number of aromatic nitrogens is 3. The van der Waals surface area contributed by atoms with Crippen LogP contribution in [0.5, 0.6) is 0 Å². The SMILES string of the molecule is CNc1ccc2[nH]c(-c3ccccc3N)nc2n1. The first kappa shape index (κ1) is 10.6. The Kier molecular flexibility index (Phi) is 2.37. The Morgan fingerprint density at radius 1 is 1.11 bits per heavy atom. The highest BCUT2D eigenvalue weighted by molar-refractivity contribution is 5.81. The molecule has 90 valence electrons. The largest absolute Gasteiger partial charge is 0.398 e. The van der Waals surface area contributed by atoms with Crippen molar-refractivity contribution in [1.82, 2.24) is 15.0 Å². The Labute approximate surface area is 104 Å². The number of benzene rings is 1. The van der Waals surface area contributed by atoms with Gasteiger partial charge in [0.25, 0.3) is 0 Å². The molecule has 5 nitrogen and oxygen atoms in total. The quantitative estimate of drug-likeness (QED) is 0.599. The molecule has 0 spiro atoms.